The van der Waals surface area contributed by atoms with Crippen LogP contribution in [-0.4, -0.2) is 31.3 Å². The number of benzene rings is 1. The molecule has 0 saturated carbocycles. The standard InChI is InChI=1S/C18H23N3O3/c1-13-7-8-16(17(12-13)24-11-10-23-3)21-18(22)20-14(2)15-6-4-5-9-19-15/h4-9,12,14H,10-11H2,1-3H3,(H2,20,21,22)/t14-/m0/s1. The lowest BCUT2D eigenvalue weighted by atomic mass is 10.2. The molecule has 6 nitrogen and oxygen atoms in total. The van der Waals surface area contributed by atoms with Crippen LogP contribution >= 0.6 is 0 Å². The van der Waals surface area contributed by atoms with E-state index in [0.29, 0.717) is 24.7 Å². The number of hydrogen-bond donors (Lipinski definition) is 2. The molecule has 0 spiro atoms. The van der Waals surface area contributed by atoms with Crippen molar-refractivity contribution in [3.05, 3.63) is 53.9 Å². The molecule has 0 bridgehead atoms. The Hall–Kier alpha value is -2.60. The number of anilines is 1. The highest BCUT2D eigenvalue weighted by Gasteiger charge is 2.12. The number of pyridine rings is 1. The van der Waals surface area contributed by atoms with Crippen molar-refractivity contribution in [1.29, 1.82) is 0 Å². The van der Waals surface area contributed by atoms with E-state index in [9.17, 15) is 4.79 Å². The number of aromatic nitrogens is 1. The highest BCUT2D eigenvalue weighted by atomic mass is 16.5. The van der Waals surface area contributed by atoms with Gasteiger partial charge in [-0.3, -0.25) is 4.98 Å². The van der Waals surface area contributed by atoms with E-state index in [1.165, 1.54) is 0 Å². The van der Waals surface area contributed by atoms with Crippen LogP contribution in [-0.2, 0) is 4.74 Å². The van der Waals surface area contributed by atoms with Gasteiger partial charge >= 0.3 is 6.03 Å². The molecule has 1 atom stereocenters. The van der Waals surface area contributed by atoms with Crippen LogP contribution in [0.25, 0.3) is 0 Å². The number of urea groups is 1. The van der Waals surface area contributed by atoms with Crippen molar-refractivity contribution in [1.82, 2.24) is 10.3 Å². The Balaban J connectivity index is 2.00. The van der Waals surface area contributed by atoms with Gasteiger partial charge in [0.15, 0.2) is 0 Å². The number of ether oxygens (including phenoxy) is 2. The summed E-state index contributed by atoms with van der Waals surface area (Å²) in [5.74, 6) is 0.618. The monoisotopic (exact) mass is 329 g/mol. The summed E-state index contributed by atoms with van der Waals surface area (Å²) in [6.07, 6.45) is 1.70. The van der Waals surface area contributed by atoms with Gasteiger partial charge in [0.25, 0.3) is 0 Å². The fourth-order valence-electron chi connectivity index (χ4n) is 2.15. The maximum absolute atomic E-state index is 12.2. The number of rotatable bonds is 7. The van der Waals surface area contributed by atoms with Crippen LogP contribution in [0.4, 0.5) is 10.5 Å². The highest BCUT2D eigenvalue weighted by Crippen LogP contribution is 2.25. The zero-order chi connectivity index (χ0) is 17.4. The molecule has 2 rings (SSSR count). The second-order valence-corrected chi connectivity index (χ2v) is 5.42. The lowest BCUT2D eigenvalue weighted by Gasteiger charge is -2.16. The number of nitrogens with one attached hydrogen (secondary N) is 2. The van der Waals surface area contributed by atoms with Gasteiger partial charge in [-0.25, -0.2) is 4.79 Å². The fraction of sp³-hybridized carbons (Fsp3) is 0.333. The van der Waals surface area contributed by atoms with Crippen molar-refractivity contribution < 1.29 is 14.3 Å². The average Bonchev–Trinajstić information content (AvgIpc) is 2.58. The Morgan fingerprint density at radius 2 is 2.08 bits per heavy atom. The van der Waals surface area contributed by atoms with E-state index in [0.717, 1.165) is 11.3 Å². The van der Waals surface area contributed by atoms with Crippen molar-refractivity contribution in [3.8, 4) is 5.75 Å². The van der Waals surface area contributed by atoms with Crippen LogP contribution in [0.1, 0.15) is 24.2 Å². The third kappa shape index (κ3) is 5.24. The molecule has 0 aliphatic rings. The minimum absolute atomic E-state index is 0.200. The van der Waals surface area contributed by atoms with Crippen LogP contribution in [0, 0.1) is 6.92 Å². The van der Waals surface area contributed by atoms with E-state index < -0.39 is 0 Å². The minimum Gasteiger partial charge on any atom is -0.489 e. The molecule has 1 aromatic carbocycles. The average molecular weight is 329 g/mol. The van der Waals surface area contributed by atoms with Gasteiger partial charge in [0, 0.05) is 13.3 Å². The molecule has 1 heterocycles. The number of carbonyl (C=O) groups is 1. The molecule has 2 N–H and O–H groups in total. The van der Waals surface area contributed by atoms with Gasteiger partial charge in [-0.05, 0) is 43.7 Å². The zero-order valence-electron chi connectivity index (χ0n) is 14.2. The summed E-state index contributed by atoms with van der Waals surface area (Å²) in [6, 6.07) is 10.7. The zero-order valence-corrected chi connectivity index (χ0v) is 14.2. The molecule has 0 unspecified atom stereocenters. The molecule has 0 radical (unpaired) electrons. The quantitative estimate of drug-likeness (QED) is 0.765. The Bertz CT molecular complexity index is 662. The highest BCUT2D eigenvalue weighted by molar-refractivity contribution is 5.91. The van der Waals surface area contributed by atoms with Crippen molar-refractivity contribution in [2.24, 2.45) is 0 Å². The van der Waals surface area contributed by atoms with Gasteiger partial charge < -0.3 is 20.1 Å². The predicted molar refractivity (Wildman–Crippen MR) is 93.4 cm³/mol. The first kappa shape index (κ1) is 17.7. The molecule has 24 heavy (non-hydrogen) atoms. The normalized spacial score (nSPS) is 11.6. The van der Waals surface area contributed by atoms with E-state index in [1.54, 1.807) is 13.3 Å². The maximum Gasteiger partial charge on any atom is 0.319 e. The molecule has 0 fully saturated rings. The van der Waals surface area contributed by atoms with Crippen molar-refractivity contribution >= 4 is 11.7 Å². The fourth-order valence-corrected chi connectivity index (χ4v) is 2.15. The molecule has 6 heteroatoms. The lowest BCUT2D eigenvalue weighted by molar-refractivity contribution is 0.146. The molecule has 2 aromatic rings. The Morgan fingerprint density at radius 3 is 2.79 bits per heavy atom. The van der Waals surface area contributed by atoms with Crippen LogP contribution in [0.15, 0.2) is 42.6 Å². The van der Waals surface area contributed by atoms with E-state index in [-0.39, 0.29) is 12.1 Å². The van der Waals surface area contributed by atoms with Crippen LogP contribution in [0.2, 0.25) is 0 Å². The van der Waals surface area contributed by atoms with Gasteiger partial charge in [-0.15, -0.1) is 0 Å². The molecular weight excluding hydrogens is 306 g/mol. The Labute approximate surface area is 142 Å². The largest absolute Gasteiger partial charge is 0.489 e. The molecule has 2 amide bonds. The number of hydrogen-bond acceptors (Lipinski definition) is 4. The first-order valence-electron chi connectivity index (χ1n) is 7.81. The lowest BCUT2D eigenvalue weighted by Crippen LogP contribution is -2.31. The first-order valence-corrected chi connectivity index (χ1v) is 7.81. The second kappa shape index (κ2) is 8.88. The SMILES string of the molecule is COCCOc1cc(C)ccc1NC(=O)N[C@@H](C)c1ccccn1. The van der Waals surface area contributed by atoms with E-state index in [2.05, 4.69) is 15.6 Å². The second-order valence-electron chi connectivity index (χ2n) is 5.42. The topological polar surface area (TPSA) is 72.5 Å². The summed E-state index contributed by atoms with van der Waals surface area (Å²) < 4.78 is 10.7. The van der Waals surface area contributed by atoms with Crippen LogP contribution < -0.4 is 15.4 Å². The minimum atomic E-state index is -0.311. The van der Waals surface area contributed by atoms with Gasteiger partial charge in [-0.1, -0.05) is 12.1 Å². The Morgan fingerprint density at radius 1 is 1.25 bits per heavy atom. The number of carbonyl (C=O) groups excluding carboxylic acids is 1. The molecule has 1 aromatic heterocycles. The Kier molecular flexibility index (Phi) is 6.57. The number of methoxy groups -OCH3 is 1. The summed E-state index contributed by atoms with van der Waals surface area (Å²) in [7, 11) is 1.62. The maximum atomic E-state index is 12.2. The smallest absolute Gasteiger partial charge is 0.319 e. The van der Waals surface area contributed by atoms with Gasteiger partial charge in [0.1, 0.15) is 12.4 Å². The van der Waals surface area contributed by atoms with E-state index in [4.69, 9.17) is 9.47 Å². The molecule has 0 aliphatic carbocycles. The van der Waals surface area contributed by atoms with Gasteiger partial charge in [-0.2, -0.15) is 0 Å². The molecule has 128 valence electrons. The number of aryl methyl sites for hydroxylation is 1. The summed E-state index contributed by atoms with van der Waals surface area (Å²) in [5, 5.41) is 5.68. The first-order chi connectivity index (χ1) is 11.6. The molecule has 0 saturated heterocycles. The van der Waals surface area contributed by atoms with Crippen molar-refractivity contribution in [2.75, 3.05) is 25.6 Å². The van der Waals surface area contributed by atoms with Gasteiger partial charge in [0.05, 0.1) is 24.0 Å². The van der Waals surface area contributed by atoms with E-state index >= 15 is 0 Å². The van der Waals surface area contributed by atoms with Crippen molar-refractivity contribution in [2.45, 2.75) is 19.9 Å². The predicted octanol–water partition coefficient (Wildman–Crippen LogP) is 3.30. The van der Waals surface area contributed by atoms with Crippen molar-refractivity contribution in [3.63, 3.8) is 0 Å². The third-order valence-corrected chi connectivity index (χ3v) is 3.41. The third-order valence-electron chi connectivity index (χ3n) is 3.41. The van der Waals surface area contributed by atoms with Gasteiger partial charge in [0.2, 0.25) is 0 Å². The summed E-state index contributed by atoms with van der Waals surface area (Å²) in [4.78, 5) is 16.5. The summed E-state index contributed by atoms with van der Waals surface area (Å²) >= 11 is 0. The number of nitrogens with zero attached hydrogens (tertiary/aromatic N) is 1. The number of amides is 2. The molecular formula is C18H23N3O3. The van der Waals surface area contributed by atoms with E-state index in [1.807, 2.05) is 50.2 Å². The molecule has 0 aliphatic heterocycles. The van der Waals surface area contributed by atoms with Crippen LogP contribution in [0.5, 0.6) is 5.75 Å². The summed E-state index contributed by atoms with van der Waals surface area (Å²) in [5.41, 5.74) is 2.46. The van der Waals surface area contributed by atoms with Crippen LogP contribution in [0.3, 0.4) is 0 Å². The summed E-state index contributed by atoms with van der Waals surface area (Å²) in [6.45, 7) is 4.75.